The minimum absolute atomic E-state index is 0.0115. The zero-order chi connectivity index (χ0) is 15.2. The first-order valence-corrected chi connectivity index (χ1v) is 7.18. The van der Waals surface area contributed by atoms with Crippen molar-refractivity contribution in [1.82, 2.24) is 9.88 Å². The Balaban J connectivity index is 1.98. The summed E-state index contributed by atoms with van der Waals surface area (Å²) >= 11 is 6.03. The largest absolute Gasteiger partial charge is 0.394 e. The van der Waals surface area contributed by atoms with Gasteiger partial charge in [0.25, 0.3) is 5.91 Å². The molecule has 1 aromatic rings. The first kappa shape index (κ1) is 16.0. The van der Waals surface area contributed by atoms with Gasteiger partial charge in [0.05, 0.1) is 24.3 Å². The van der Waals surface area contributed by atoms with Gasteiger partial charge >= 0.3 is 0 Å². The van der Waals surface area contributed by atoms with E-state index in [9.17, 15) is 4.79 Å². The molecule has 1 saturated heterocycles. The Morgan fingerprint density at radius 3 is 2.86 bits per heavy atom. The highest BCUT2D eigenvalue weighted by molar-refractivity contribution is 6.33. The van der Waals surface area contributed by atoms with E-state index < -0.39 is 0 Å². The number of nitrogens with one attached hydrogen (secondary N) is 1. The number of nitrogen functional groups attached to an aromatic ring is 1. The number of piperidine rings is 1. The van der Waals surface area contributed by atoms with Gasteiger partial charge in [-0.25, -0.2) is 10.8 Å². The summed E-state index contributed by atoms with van der Waals surface area (Å²) in [4.78, 5) is 18.3. The topological polar surface area (TPSA) is 101 Å². The van der Waals surface area contributed by atoms with E-state index in [0.29, 0.717) is 30.5 Å². The van der Waals surface area contributed by atoms with Crippen LogP contribution in [0.4, 0.5) is 5.82 Å². The van der Waals surface area contributed by atoms with Crippen LogP contribution in [0.1, 0.15) is 23.3 Å². The zero-order valence-electron chi connectivity index (χ0n) is 11.6. The van der Waals surface area contributed by atoms with Crippen LogP contribution < -0.4 is 11.3 Å². The molecular formula is C13H19ClN4O3. The number of nitrogens with zero attached hydrogens (tertiary/aromatic N) is 2. The average Bonchev–Trinajstić information content (AvgIpc) is 2.53. The molecule has 4 N–H and O–H groups in total. The number of aromatic nitrogens is 1. The number of likely N-dealkylation sites (tertiary alicyclic amines) is 1. The number of aliphatic hydroxyl groups is 1. The number of carbonyl (C=O) groups excluding carboxylic acids is 1. The van der Waals surface area contributed by atoms with E-state index in [2.05, 4.69) is 10.4 Å². The Morgan fingerprint density at radius 2 is 2.24 bits per heavy atom. The molecule has 0 bridgehead atoms. The van der Waals surface area contributed by atoms with Crippen molar-refractivity contribution in [1.29, 1.82) is 0 Å². The van der Waals surface area contributed by atoms with Crippen LogP contribution in [0, 0.1) is 0 Å². The van der Waals surface area contributed by atoms with Crippen LogP contribution in [0.25, 0.3) is 0 Å². The number of pyridine rings is 1. The van der Waals surface area contributed by atoms with Crippen LogP contribution >= 0.6 is 11.6 Å². The first-order chi connectivity index (χ1) is 10.2. The minimum atomic E-state index is -0.210. The van der Waals surface area contributed by atoms with E-state index in [1.54, 1.807) is 17.0 Å². The van der Waals surface area contributed by atoms with Crippen molar-refractivity contribution in [3.05, 3.63) is 22.8 Å². The number of hydrogen-bond donors (Lipinski definition) is 3. The Hall–Kier alpha value is -1.41. The van der Waals surface area contributed by atoms with Crippen LogP contribution in [0.2, 0.25) is 5.02 Å². The third-order valence-electron chi connectivity index (χ3n) is 3.37. The third kappa shape index (κ3) is 4.04. The van der Waals surface area contributed by atoms with Gasteiger partial charge in [-0.05, 0) is 25.0 Å². The number of carbonyl (C=O) groups is 1. The van der Waals surface area contributed by atoms with E-state index in [1.807, 2.05) is 0 Å². The van der Waals surface area contributed by atoms with E-state index in [-0.39, 0.29) is 24.3 Å². The molecule has 1 aliphatic rings. The molecule has 0 aliphatic carbocycles. The van der Waals surface area contributed by atoms with Gasteiger partial charge in [-0.2, -0.15) is 0 Å². The number of rotatable bonds is 5. The van der Waals surface area contributed by atoms with Gasteiger partial charge in [0.1, 0.15) is 11.5 Å². The highest BCUT2D eigenvalue weighted by Crippen LogP contribution is 2.21. The molecule has 0 atom stereocenters. The Bertz CT molecular complexity index is 492. The molecule has 21 heavy (non-hydrogen) atoms. The number of anilines is 1. The smallest absolute Gasteiger partial charge is 0.274 e. The fraction of sp³-hybridized carbons (Fsp3) is 0.538. The number of nitrogens with two attached hydrogens (primary N) is 1. The molecule has 0 aromatic carbocycles. The molecule has 2 heterocycles. The molecule has 0 spiro atoms. The molecule has 1 amide bonds. The standard InChI is InChI=1S/C13H19ClN4O3/c14-10-1-2-11(17-15)16-12(10)13(20)18-5-3-9(4-6-18)21-8-7-19/h1-2,9,19H,3-8,15H2,(H,16,17). The summed E-state index contributed by atoms with van der Waals surface area (Å²) < 4.78 is 5.47. The number of aliphatic hydroxyl groups excluding tert-OH is 1. The quantitative estimate of drug-likeness (QED) is 0.544. The summed E-state index contributed by atoms with van der Waals surface area (Å²) in [6, 6.07) is 3.20. The number of ether oxygens (including phenoxy) is 1. The second-order valence-electron chi connectivity index (χ2n) is 4.76. The van der Waals surface area contributed by atoms with Crippen LogP contribution in [0.15, 0.2) is 12.1 Å². The third-order valence-corrected chi connectivity index (χ3v) is 3.68. The van der Waals surface area contributed by atoms with E-state index in [1.165, 1.54) is 0 Å². The Morgan fingerprint density at radius 1 is 1.52 bits per heavy atom. The van der Waals surface area contributed by atoms with E-state index in [0.717, 1.165) is 12.8 Å². The fourth-order valence-electron chi connectivity index (χ4n) is 2.27. The van der Waals surface area contributed by atoms with Gasteiger partial charge in [-0.15, -0.1) is 0 Å². The second-order valence-corrected chi connectivity index (χ2v) is 5.16. The highest BCUT2D eigenvalue weighted by Gasteiger charge is 2.26. The molecule has 0 unspecified atom stereocenters. The summed E-state index contributed by atoms with van der Waals surface area (Å²) in [6.07, 6.45) is 1.55. The van der Waals surface area contributed by atoms with Crippen molar-refractivity contribution in [2.75, 3.05) is 31.7 Å². The molecule has 0 radical (unpaired) electrons. The minimum Gasteiger partial charge on any atom is -0.394 e. The van der Waals surface area contributed by atoms with Crippen LogP contribution in [-0.4, -0.2) is 53.3 Å². The summed E-state index contributed by atoms with van der Waals surface area (Å²) in [7, 11) is 0. The SMILES string of the molecule is NNc1ccc(Cl)c(C(=O)N2CCC(OCCO)CC2)n1. The average molecular weight is 315 g/mol. The van der Waals surface area contributed by atoms with Gasteiger partial charge < -0.3 is 20.2 Å². The summed E-state index contributed by atoms with van der Waals surface area (Å²) in [5.41, 5.74) is 2.59. The lowest BCUT2D eigenvalue weighted by molar-refractivity contribution is -0.00564. The molecule has 1 aliphatic heterocycles. The van der Waals surface area contributed by atoms with Gasteiger partial charge in [-0.3, -0.25) is 4.79 Å². The Labute approximate surface area is 128 Å². The maximum Gasteiger partial charge on any atom is 0.274 e. The van der Waals surface area contributed by atoms with Crippen molar-refractivity contribution in [3.63, 3.8) is 0 Å². The lowest BCUT2D eigenvalue weighted by Gasteiger charge is -2.31. The first-order valence-electron chi connectivity index (χ1n) is 6.80. The van der Waals surface area contributed by atoms with Crippen LogP contribution in [0.5, 0.6) is 0 Å². The van der Waals surface area contributed by atoms with Gasteiger partial charge in [0.2, 0.25) is 0 Å². The molecule has 1 aromatic heterocycles. The molecule has 0 saturated carbocycles. The van der Waals surface area contributed by atoms with Crippen molar-refractivity contribution in [2.45, 2.75) is 18.9 Å². The Kier molecular flexibility index (Phi) is 5.75. The highest BCUT2D eigenvalue weighted by atomic mass is 35.5. The molecule has 8 heteroatoms. The molecule has 1 fully saturated rings. The zero-order valence-corrected chi connectivity index (χ0v) is 12.3. The monoisotopic (exact) mass is 314 g/mol. The van der Waals surface area contributed by atoms with Crippen molar-refractivity contribution in [2.24, 2.45) is 5.84 Å². The summed E-state index contributed by atoms with van der Waals surface area (Å²) in [5.74, 6) is 5.48. The van der Waals surface area contributed by atoms with E-state index >= 15 is 0 Å². The summed E-state index contributed by atoms with van der Waals surface area (Å²) in [6.45, 7) is 1.49. The van der Waals surface area contributed by atoms with Gasteiger partial charge in [-0.1, -0.05) is 11.6 Å². The predicted octanol–water partition coefficient (Wildman–Crippen LogP) is 0.634. The number of hydrazine groups is 1. The number of hydrogen-bond acceptors (Lipinski definition) is 6. The van der Waals surface area contributed by atoms with Gasteiger partial charge in [0.15, 0.2) is 0 Å². The lowest BCUT2D eigenvalue weighted by Crippen LogP contribution is -2.41. The maximum atomic E-state index is 12.4. The second kappa shape index (κ2) is 7.56. The normalized spacial score (nSPS) is 16.0. The van der Waals surface area contributed by atoms with Crippen molar-refractivity contribution < 1.29 is 14.6 Å². The number of halogens is 1. The lowest BCUT2D eigenvalue weighted by atomic mass is 10.1. The molecular weight excluding hydrogens is 296 g/mol. The molecule has 7 nitrogen and oxygen atoms in total. The van der Waals surface area contributed by atoms with Crippen LogP contribution in [-0.2, 0) is 4.74 Å². The maximum absolute atomic E-state index is 12.4. The van der Waals surface area contributed by atoms with Crippen molar-refractivity contribution >= 4 is 23.3 Å². The molecule has 2 rings (SSSR count). The number of amides is 1. The van der Waals surface area contributed by atoms with E-state index in [4.69, 9.17) is 27.3 Å². The van der Waals surface area contributed by atoms with Crippen molar-refractivity contribution in [3.8, 4) is 0 Å². The fourth-order valence-corrected chi connectivity index (χ4v) is 2.45. The van der Waals surface area contributed by atoms with Gasteiger partial charge in [0, 0.05) is 13.1 Å². The predicted molar refractivity (Wildman–Crippen MR) is 79.0 cm³/mol. The van der Waals surface area contributed by atoms with Crippen LogP contribution in [0.3, 0.4) is 0 Å². The summed E-state index contributed by atoms with van der Waals surface area (Å²) in [5, 5.41) is 9.04. The molecule has 116 valence electrons.